The molecule has 0 aromatic carbocycles. The van der Waals surface area contributed by atoms with Gasteiger partial charge in [-0.1, -0.05) is 0 Å². The number of esters is 2. The minimum absolute atomic E-state index is 0.537. The van der Waals surface area contributed by atoms with Crippen molar-refractivity contribution < 1.29 is 14.3 Å². The van der Waals surface area contributed by atoms with E-state index in [-0.39, 0.29) is 0 Å². The lowest BCUT2D eigenvalue weighted by Crippen LogP contribution is -2.39. The Bertz CT molecular complexity index is 197. The molecule has 0 spiro atoms. The minimum Gasteiger partial charge on any atom is -0.391 e. The summed E-state index contributed by atoms with van der Waals surface area (Å²) in [6.45, 7) is 3.18. The molecule has 0 amide bonds. The molecule has 0 aromatic rings. The third kappa shape index (κ3) is 0.724. The van der Waals surface area contributed by atoms with Crippen molar-refractivity contribution in [2.45, 2.75) is 19.9 Å². The molecule has 1 saturated heterocycles. The Morgan fingerprint density at radius 3 is 2.10 bits per heavy atom. The number of nitrogens with two attached hydrogens (primary N) is 1. The maximum absolute atomic E-state index is 10.8. The summed E-state index contributed by atoms with van der Waals surface area (Å²) in [5.41, 5.74) is 4.50. The fourth-order valence-electron chi connectivity index (χ4n) is 0.708. The number of ether oxygens (including phenoxy) is 1. The quantitative estimate of drug-likeness (QED) is 0.364. The number of cyclic esters (lactones) is 2. The highest BCUT2D eigenvalue weighted by atomic mass is 16.6. The lowest BCUT2D eigenvalue weighted by Gasteiger charge is -2.14. The highest BCUT2D eigenvalue weighted by Gasteiger charge is 2.48. The molecule has 1 fully saturated rings. The van der Waals surface area contributed by atoms with E-state index in [1.807, 2.05) is 0 Å². The monoisotopic (exact) mass is 143 g/mol. The van der Waals surface area contributed by atoms with Crippen LogP contribution in [0.15, 0.2) is 0 Å². The van der Waals surface area contributed by atoms with Crippen LogP contribution in [0.2, 0.25) is 0 Å². The van der Waals surface area contributed by atoms with Gasteiger partial charge in [0.25, 0.3) is 0 Å². The van der Waals surface area contributed by atoms with Crippen LogP contribution in [0.5, 0.6) is 0 Å². The molecule has 0 saturated carbocycles. The molecule has 4 nitrogen and oxygen atoms in total. The highest BCUT2D eigenvalue weighted by Crippen LogP contribution is 2.27. The Hall–Kier alpha value is -0.900. The van der Waals surface area contributed by atoms with E-state index in [2.05, 4.69) is 4.74 Å². The van der Waals surface area contributed by atoms with E-state index in [1.165, 1.54) is 0 Å². The van der Waals surface area contributed by atoms with Gasteiger partial charge in [0.2, 0.25) is 0 Å². The molecule has 56 valence electrons. The predicted molar refractivity (Wildman–Crippen MR) is 32.9 cm³/mol. The largest absolute Gasteiger partial charge is 0.391 e. The minimum atomic E-state index is -0.850. The zero-order chi connectivity index (χ0) is 7.94. The predicted octanol–water partition coefficient (Wildman–Crippen LogP) is -0.577. The van der Waals surface area contributed by atoms with Crippen LogP contribution in [0.1, 0.15) is 13.8 Å². The Morgan fingerprint density at radius 1 is 1.50 bits per heavy atom. The Morgan fingerprint density at radius 2 is 2.00 bits per heavy atom. The lowest BCUT2D eigenvalue weighted by atomic mass is 9.88. The van der Waals surface area contributed by atoms with Gasteiger partial charge in [-0.3, -0.25) is 4.79 Å². The van der Waals surface area contributed by atoms with Gasteiger partial charge in [-0.25, -0.2) is 4.79 Å². The molecule has 2 N–H and O–H groups in total. The van der Waals surface area contributed by atoms with E-state index in [0.717, 1.165) is 0 Å². The lowest BCUT2D eigenvalue weighted by molar-refractivity contribution is -0.154. The summed E-state index contributed by atoms with van der Waals surface area (Å²) < 4.78 is 4.29. The van der Waals surface area contributed by atoms with Crippen molar-refractivity contribution in [2.75, 3.05) is 0 Å². The summed E-state index contributed by atoms with van der Waals surface area (Å²) in [6.07, 6.45) is 0. The SMILES string of the molecule is CC1(C)C(=O)OC(=O)C1N. The van der Waals surface area contributed by atoms with Crippen LogP contribution in [-0.4, -0.2) is 18.0 Å². The van der Waals surface area contributed by atoms with Gasteiger partial charge >= 0.3 is 11.9 Å². The summed E-state index contributed by atoms with van der Waals surface area (Å²) >= 11 is 0. The van der Waals surface area contributed by atoms with Gasteiger partial charge in [-0.15, -0.1) is 0 Å². The van der Waals surface area contributed by atoms with Crippen molar-refractivity contribution in [1.29, 1.82) is 0 Å². The smallest absolute Gasteiger partial charge is 0.331 e. The van der Waals surface area contributed by atoms with Gasteiger partial charge in [-0.05, 0) is 13.8 Å². The molecule has 0 aliphatic carbocycles. The topological polar surface area (TPSA) is 69.4 Å². The molecular weight excluding hydrogens is 134 g/mol. The van der Waals surface area contributed by atoms with Crippen molar-refractivity contribution in [3.63, 3.8) is 0 Å². The molecule has 1 atom stereocenters. The maximum atomic E-state index is 10.8. The van der Waals surface area contributed by atoms with Crippen LogP contribution in [0, 0.1) is 5.41 Å². The first kappa shape index (κ1) is 7.21. The summed E-state index contributed by atoms with van der Waals surface area (Å²) in [7, 11) is 0. The fraction of sp³-hybridized carbons (Fsp3) is 0.667. The fourth-order valence-corrected chi connectivity index (χ4v) is 0.708. The number of hydrogen-bond acceptors (Lipinski definition) is 4. The average molecular weight is 143 g/mol. The van der Waals surface area contributed by atoms with Gasteiger partial charge in [-0.2, -0.15) is 0 Å². The molecule has 1 aliphatic heterocycles. The first-order valence-electron chi connectivity index (χ1n) is 2.98. The standard InChI is InChI=1S/C6H9NO3/c1-6(2)3(7)4(8)10-5(6)9/h3H,7H2,1-2H3. The van der Waals surface area contributed by atoms with E-state index >= 15 is 0 Å². The van der Waals surface area contributed by atoms with Gasteiger partial charge in [0, 0.05) is 0 Å². The summed E-state index contributed by atoms with van der Waals surface area (Å²) in [4.78, 5) is 21.4. The van der Waals surface area contributed by atoms with Gasteiger partial charge in [0.1, 0.15) is 6.04 Å². The first-order valence-corrected chi connectivity index (χ1v) is 2.98. The second kappa shape index (κ2) is 1.79. The van der Waals surface area contributed by atoms with Crippen molar-refractivity contribution >= 4 is 11.9 Å². The molecule has 0 bridgehead atoms. The molecule has 1 aliphatic rings. The molecule has 10 heavy (non-hydrogen) atoms. The highest BCUT2D eigenvalue weighted by molar-refractivity contribution is 6.00. The number of rotatable bonds is 0. The van der Waals surface area contributed by atoms with Crippen molar-refractivity contribution in [2.24, 2.45) is 11.1 Å². The molecule has 1 unspecified atom stereocenters. The first-order chi connectivity index (χ1) is 4.46. The average Bonchev–Trinajstić information content (AvgIpc) is 1.97. The van der Waals surface area contributed by atoms with E-state index in [0.29, 0.717) is 0 Å². The van der Waals surface area contributed by atoms with Crippen molar-refractivity contribution in [3.8, 4) is 0 Å². The molecule has 1 rings (SSSR count). The van der Waals surface area contributed by atoms with E-state index in [9.17, 15) is 9.59 Å². The zero-order valence-electron chi connectivity index (χ0n) is 5.88. The second-order valence-electron chi connectivity index (χ2n) is 2.91. The summed E-state index contributed by atoms with van der Waals surface area (Å²) in [5.74, 6) is -1.17. The summed E-state index contributed by atoms with van der Waals surface area (Å²) in [5, 5.41) is 0. The Balaban J connectivity index is 2.96. The van der Waals surface area contributed by atoms with E-state index < -0.39 is 23.4 Å². The summed E-state index contributed by atoms with van der Waals surface area (Å²) in [6, 6.07) is -0.806. The van der Waals surface area contributed by atoms with E-state index in [1.54, 1.807) is 13.8 Å². The number of carbonyl (C=O) groups is 2. The normalized spacial score (nSPS) is 30.5. The van der Waals surface area contributed by atoms with Crippen LogP contribution in [-0.2, 0) is 14.3 Å². The number of hydrogen-bond donors (Lipinski definition) is 1. The van der Waals surface area contributed by atoms with Crippen molar-refractivity contribution in [1.82, 2.24) is 0 Å². The van der Waals surface area contributed by atoms with Gasteiger partial charge in [0.05, 0.1) is 5.41 Å². The Labute approximate surface area is 58.3 Å². The number of carbonyl (C=O) groups excluding carboxylic acids is 2. The zero-order valence-corrected chi connectivity index (χ0v) is 5.88. The third-order valence-corrected chi connectivity index (χ3v) is 1.75. The van der Waals surface area contributed by atoms with Crippen LogP contribution in [0.25, 0.3) is 0 Å². The van der Waals surface area contributed by atoms with Crippen LogP contribution < -0.4 is 5.73 Å². The van der Waals surface area contributed by atoms with Crippen LogP contribution >= 0.6 is 0 Å². The molecule has 0 radical (unpaired) electrons. The van der Waals surface area contributed by atoms with Crippen LogP contribution in [0.3, 0.4) is 0 Å². The van der Waals surface area contributed by atoms with Crippen LogP contribution in [0.4, 0.5) is 0 Å². The van der Waals surface area contributed by atoms with E-state index in [4.69, 9.17) is 5.73 Å². The molecule has 4 heteroatoms. The molecule has 0 aromatic heterocycles. The van der Waals surface area contributed by atoms with Crippen molar-refractivity contribution in [3.05, 3.63) is 0 Å². The van der Waals surface area contributed by atoms with Gasteiger partial charge < -0.3 is 10.5 Å². The molecular formula is C6H9NO3. The maximum Gasteiger partial charge on any atom is 0.331 e. The molecule has 1 heterocycles. The second-order valence-corrected chi connectivity index (χ2v) is 2.91. The Kier molecular flexibility index (Phi) is 1.29. The van der Waals surface area contributed by atoms with Gasteiger partial charge in [0.15, 0.2) is 0 Å². The third-order valence-electron chi connectivity index (χ3n) is 1.75.